The first-order valence-electron chi connectivity index (χ1n) is 6.72. The third-order valence-electron chi connectivity index (χ3n) is 3.45. The number of aromatic hydroxyl groups is 1. The second-order valence-electron chi connectivity index (χ2n) is 5.19. The largest absolute Gasteiger partial charge is 0.508 e. The molecule has 0 aliphatic carbocycles. The Labute approximate surface area is 120 Å². The number of hydrogen-bond acceptors (Lipinski definition) is 3. The summed E-state index contributed by atoms with van der Waals surface area (Å²) in [7, 11) is 0. The molecule has 0 aromatic heterocycles. The molecule has 7 heteroatoms. The molecule has 1 aliphatic heterocycles. The van der Waals surface area contributed by atoms with Crippen LogP contribution >= 0.6 is 0 Å². The third-order valence-corrected chi connectivity index (χ3v) is 3.45. The molecule has 1 aromatic carbocycles. The first-order chi connectivity index (χ1) is 9.84. The maximum atomic E-state index is 12.5. The molecule has 2 rings (SSSR count). The lowest BCUT2D eigenvalue weighted by Crippen LogP contribution is -2.54. The van der Waals surface area contributed by atoms with Crippen molar-refractivity contribution in [3.63, 3.8) is 0 Å². The first-order valence-corrected chi connectivity index (χ1v) is 6.72. The molecule has 1 amide bonds. The number of phenolic OH excluding ortho intramolecular Hbond substituents is 1. The van der Waals surface area contributed by atoms with Crippen LogP contribution in [0.2, 0.25) is 0 Å². The Hall–Kier alpha value is -1.76. The van der Waals surface area contributed by atoms with Crippen molar-refractivity contribution in [3.8, 4) is 5.75 Å². The molecule has 1 aliphatic rings. The highest BCUT2D eigenvalue weighted by molar-refractivity contribution is 5.79. The van der Waals surface area contributed by atoms with Crippen molar-refractivity contribution in [2.24, 2.45) is 0 Å². The topological polar surface area (TPSA) is 61.4 Å². The number of amides is 1. The van der Waals surface area contributed by atoms with E-state index in [1.54, 1.807) is 12.1 Å². The Bertz CT molecular complexity index is 497. The summed E-state index contributed by atoms with van der Waals surface area (Å²) in [6, 6.07) is 4.54. The van der Waals surface area contributed by atoms with Gasteiger partial charge in [0, 0.05) is 12.6 Å². The number of benzene rings is 1. The number of rotatable bonds is 3. The Balaban J connectivity index is 1.79. The van der Waals surface area contributed by atoms with E-state index in [2.05, 4.69) is 10.6 Å². The van der Waals surface area contributed by atoms with Crippen molar-refractivity contribution < 1.29 is 23.1 Å². The van der Waals surface area contributed by atoms with Gasteiger partial charge in [-0.05, 0) is 30.5 Å². The number of piperidine rings is 1. The molecule has 3 N–H and O–H groups in total. The number of carbonyl (C=O) groups is 1. The minimum atomic E-state index is -4.24. The van der Waals surface area contributed by atoms with Gasteiger partial charge in [0.15, 0.2) is 0 Å². The van der Waals surface area contributed by atoms with Gasteiger partial charge in [-0.2, -0.15) is 13.2 Å². The van der Waals surface area contributed by atoms with Gasteiger partial charge in [-0.15, -0.1) is 0 Å². The molecular weight excluding hydrogens is 285 g/mol. The minimum absolute atomic E-state index is 0.0411. The second-order valence-corrected chi connectivity index (χ2v) is 5.19. The highest BCUT2D eigenvalue weighted by Gasteiger charge is 2.41. The minimum Gasteiger partial charge on any atom is -0.508 e. The third kappa shape index (κ3) is 4.63. The van der Waals surface area contributed by atoms with Gasteiger partial charge in [0.2, 0.25) is 5.91 Å². The van der Waals surface area contributed by atoms with Gasteiger partial charge in [0.1, 0.15) is 11.8 Å². The number of halogens is 3. The van der Waals surface area contributed by atoms with Crippen molar-refractivity contribution in [1.82, 2.24) is 10.6 Å². The molecule has 116 valence electrons. The average Bonchev–Trinajstić information content (AvgIpc) is 2.38. The summed E-state index contributed by atoms with van der Waals surface area (Å²) in [5, 5.41) is 14.4. The van der Waals surface area contributed by atoms with Gasteiger partial charge in [0.25, 0.3) is 0 Å². The van der Waals surface area contributed by atoms with Crippen LogP contribution in [-0.2, 0) is 11.2 Å². The molecule has 1 heterocycles. The average molecular weight is 302 g/mol. The van der Waals surface area contributed by atoms with Gasteiger partial charge >= 0.3 is 6.18 Å². The summed E-state index contributed by atoms with van der Waals surface area (Å²) in [6.45, 7) is 0.107. The van der Waals surface area contributed by atoms with Gasteiger partial charge < -0.3 is 15.7 Å². The van der Waals surface area contributed by atoms with Crippen LogP contribution in [0.15, 0.2) is 24.3 Å². The Morgan fingerprint density at radius 3 is 2.71 bits per heavy atom. The monoisotopic (exact) mass is 302 g/mol. The summed E-state index contributed by atoms with van der Waals surface area (Å²) in [4.78, 5) is 11.8. The van der Waals surface area contributed by atoms with Gasteiger partial charge in [0.05, 0.1) is 6.42 Å². The molecule has 4 nitrogen and oxygen atoms in total. The van der Waals surface area contributed by atoms with Crippen LogP contribution in [0, 0.1) is 0 Å². The van der Waals surface area contributed by atoms with E-state index in [0.29, 0.717) is 12.0 Å². The van der Waals surface area contributed by atoms with Crippen LogP contribution in [0.25, 0.3) is 0 Å². The first kappa shape index (κ1) is 15.6. The molecule has 0 saturated carbocycles. The predicted molar refractivity (Wildman–Crippen MR) is 70.8 cm³/mol. The highest BCUT2D eigenvalue weighted by Crippen LogP contribution is 2.26. The summed E-state index contributed by atoms with van der Waals surface area (Å²) < 4.78 is 37.4. The molecule has 0 bridgehead atoms. The van der Waals surface area contributed by atoms with E-state index in [4.69, 9.17) is 0 Å². The normalized spacial score (nSPS) is 22.8. The van der Waals surface area contributed by atoms with Crippen molar-refractivity contribution >= 4 is 5.91 Å². The van der Waals surface area contributed by atoms with E-state index in [1.807, 2.05) is 0 Å². The maximum Gasteiger partial charge on any atom is 0.403 e. The number of hydrogen-bond donors (Lipinski definition) is 3. The number of phenols is 1. The fraction of sp³-hybridized carbons (Fsp3) is 0.500. The highest BCUT2D eigenvalue weighted by atomic mass is 19.4. The summed E-state index contributed by atoms with van der Waals surface area (Å²) in [5.41, 5.74) is 0.657. The van der Waals surface area contributed by atoms with Crippen molar-refractivity contribution in [2.75, 3.05) is 6.54 Å². The van der Waals surface area contributed by atoms with Crippen LogP contribution in [0.4, 0.5) is 13.2 Å². The van der Waals surface area contributed by atoms with Gasteiger partial charge in [-0.3, -0.25) is 4.79 Å². The molecule has 1 fully saturated rings. The van der Waals surface area contributed by atoms with Gasteiger partial charge in [-0.25, -0.2) is 0 Å². The second kappa shape index (κ2) is 6.34. The summed E-state index contributed by atoms with van der Waals surface area (Å²) in [6.07, 6.45) is -3.90. The van der Waals surface area contributed by atoms with E-state index < -0.39 is 12.2 Å². The molecular formula is C14H17F3N2O2. The van der Waals surface area contributed by atoms with Crippen molar-refractivity contribution in [1.29, 1.82) is 0 Å². The lowest BCUT2D eigenvalue weighted by atomic mass is 10.00. The number of alkyl halides is 3. The Morgan fingerprint density at radius 1 is 1.38 bits per heavy atom. The van der Waals surface area contributed by atoms with E-state index in [9.17, 15) is 23.1 Å². The van der Waals surface area contributed by atoms with E-state index in [1.165, 1.54) is 12.1 Å². The standard InChI is InChI=1S/C14H17F3N2O2/c15-14(16,17)12-5-4-10(8-18-12)19-13(21)7-9-2-1-3-11(20)6-9/h1-3,6,10,12,18,20H,4-5,7-8H2,(H,19,21). The SMILES string of the molecule is O=C(Cc1cccc(O)c1)NC1CCC(C(F)(F)F)NC1. The molecule has 1 saturated heterocycles. The smallest absolute Gasteiger partial charge is 0.403 e. The Morgan fingerprint density at radius 2 is 2.14 bits per heavy atom. The van der Waals surface area contributed by atoms with Crippen molar-refractivity contribution in [3.05, 3.63) is 29.8 Å². The molecule has 21 heavy (non-hydrogen) atoms. The fourth-order valence-electron chi connectivity index (χ4n) is 2.39. The lowest BCUT2D eigenvalue weighted by Gasteiger charge is -2.31. The molecule has 0 radical (unpaired) electrons. The molecule has 2 atom stereocenters. The molecule has 1 aromatic rings. The fourth-order valence-corrected chi connectivity index (χ4v) is 2.39. The predicted octanol–water partition coefficient (Wildman–Crippen LogP) is 1.73. The number of nitrogens with one attached hydrogen (secondary N) is 2. The van der Waals surface area contributed by atoms with E-state index in [-0.39, 0.29) is 37.1 Å². The lowest BCUT2D eigenvalue weighted by molar-refractivity contribution is -0.161. The maximum absolute atomic E-state index is 12.5. The van der Waals surface area contributed by atoms with Crippen LogP contribution < -0.4 is 10.6 Å². The van der Waals surface area contributed by atoms with Crippen molar-refractivity contribution in [2.45, 2.75) is 37.5 Å². The van der Waals surface area contributed by atoms with Gasteiger partial charge in [-0.1, -0.05) is 12.1 Å². The van der Waals surface area contributed by atoms with E-state index in [0.717, 1.165) is 0 Å². The number of carbonyl (C=O) groups excluding carboxylic acids is 1. The van der Waals surface area contributed by atoms with E-state index >= 15 is 0 Å². The summed E-state index contributed by atoms with van der Waals surface area (Å²) in [5.74, 6) is -0.189. The zero-order valence-electron chi connectivity index (χ0n) is 11.3. The summed E-state index contributed by atoms with van der Waals surface area (Å²) >= 11 is 0. The zero-order valence-corrected chi connectivity index (χ0v) is 11.3. The van der Waals surface area contributed by atoms with Crippen LogP contribution in [0.5, 0.6) is 5.75 Å². The molecule has 2 unspecified atom stereocenters. The molecule has 0 spiro atoms. The Kier molecular flexibility index (Phi) is 4.72. The van der Waals surface area contributed by atoms with Crippen LogP contribution in [0.3, 0.4) is 0 Å². The zero-order chi connectivity index (χ0) is 15.5. The van der Waals surface area contributed by atoms with Crippen LogP contribution in [0.1, 0.15) is 18.4 Å². The quantitative estimate of drug-likeness (QED) is 0.797. The van der Waals surface area contributed by atoms with Crippen LogP contribution in [-0.4, -0.2) is 35.8 Å².